The second-order valence-electron chi connectivity index (χ2n) is 3.21. The van der Waals surface area contributed by atoms with E-state index in [0.29, 0.717) is 0 Å². The largest absolute Gasteiger partial charge is 0.490 e. The average molecular weight is 488 g/mol. The number of hydrogen-bond donors (Lipinski definition) is 4. The number of carboxylic acid groups (broad SMARTS) is 4. The molecule has 0 aromatic carbocycles. The lowest BCUT2D eigenvalue weighted by molar-refractivity contribution is -0.193. The van der Waals surface area contributed by atoms with Crippen molar-refractivity contribution in [3.63, 3.8) is 0 Å². The number of aliphatic carboxylic acids is 4. The molecule has 0 amide bonds. The van der Waals surface area contributed by atoms with Gasteiger partial charge in [0.05, 0.1) is 0 Å². The summed E-state index contributed by atoms with van der Waals surface area (Å²) in [6, 6.07) is 0. The number of hydrogen-bond acceptors (Lipinski definition) is 4. The van der Waals surface area contributed by atoms with Gasteiger partial charge in [0.15, 0.2) is 0 Å². The van der Waals surface area contributed by atoms with Gasteiger partial charge in [-0.1, -0.05) is 0 Å². The normalized spacial score (nSPS) is 10.9. The number of carboxylic acids is 4. The Morgan fingerprint density at radius 3 is 0.414 bits per heavy atom. The van der Waals surface area contributed by atoms with Crippen LogP contribution in [0, 0.1) is 0 Å². The molecule has 0 aliphatic carbocycles. The third kappa shape index (κ3) is 30.2. The van der Waals surface area contributed by atoms with Gasteiger partial charge in [-0.25, -0.2) is 19.2 Å². The van der Waals surface area contributed by atoms with Crippen molar-refractivity contribution in [2.24, 2.45) is 0 Å². The summed E-state index contributed by atoms with van der Waals surface area (Å²) < 4.78 is 127. The van der Waals surface area contributed by atoms with Crippen LogP contribution in [0.2, 0.25) is 0 Å². The summed E-state index contributed by atoms with van der Waals surface area (Å²) in [4.78, 5) is 35.6. The fraction of sp³-hybridized carbons (Fsp3) is 0.500. The third-order valence-electron chi connectivity index (χ3n) is 0.970. The molecule has 0 aliphatic heterocycles. The Morgan fingerprint density at radius 2 is 0.414 bits per heavy atom. The van der Waals surface area contributed by atoms with Gasteiger partial charge in [0.2, 0.25) is 0 Å². The van der Waals surface area contributed by atoms with Crippen molar-refractivity contribution in [3.8, 4) is 0 Å². The van der Waals surface area contributed by atoms with Crippen molar-refractivity contribution in [3.05, 3.63) is 0 Å². The van der Waals surface area contributed by atoms with Gasteiger partial charge in [-0.3, -0.25) is 0 Å². The molecule has 0 atom stereocenters. The quantitative estimate of drug-likeness (QED) is 0.293. The summed E-state index contributed by atoms with van der Waals surface area (Å²) in [6.07, 6.45) is -20.3. The van der Waals surface area contributed by atoms with E-state index in [1.807, 2.05) is 0 Å². The van der Waals surface area contributed by atoms with Gasteiger partial charge >= 0.3 is 48.6 Å². The van der Waals surface area contributed by atoms with Crippen LogP contribution >= 0.6 is 0 Å². The van der Waals surface area contributed by atoms with Crippen molar-refractivity contribution < 1.29 is 92.3 Å². The zero-order chi connectivity index (χ0) is 24.3. The van der Waals surface area contributed by atoms with E-state index in [1.165, 1.54) is 0 Å². The Bertz CT molecular complexity index is 436. The first kappa shape index (κ1) is 37.1. The first-order valence-corrected chi connectivity index (χ1v) is 4.98. The minimum atomic E-state index is -5.08. The van der Waals surface area contributed by atoms with E-state index in [9.17, 15) is 52.7 Å². The van der Waals surface area contributed by atoms with E-state index in [4.69, 9.17) is 39.6 Å². The topological polar surface area (TPSA) is 149 Å². The summed E-state index contributed by atoms with van der Waals surface area (Å²) in [7, 11) is 0. The molecule has 0 rings (SSSR count). The zero-order valence-corrected chi connectivity index (χ0v) is 12.0. The zero-order valence-electron chi connectivity index (χ0n) is 12.0. The van der Waals surface area contributed by atoms with Crippen molar-refractivity contribution >= 4 is 34.8 Å². The molecule has 4 N–H and O–H groups in total. The molecule has 0 heterocycles. The maximum Gasteiger partial charge on any atom is 0.490 e. The van der Waals surface area contributed by atoms with Crippen LogP contribution in [-0.2, 0) is 19.2 Å². The van der Waals surface area contributed by atoms with Gasteiger partial charge in [-0.15, -0.1) is 0 Å². The van der Waals surface area contributed by atoms with Crippen LogP contribution in [0.25, 0.3) is 0 Å². The third-order valence-corrected chi connectivity index (χ3v) is 0.970. The number of alkyl halides is 12. The Morgan fingerprint density at radius 1 is 0.379 bits per heavy atom. The molecule has 0 fully saturated rings. The first-order chi connectivity index (χ1) is 11.8. The van der Waals surface area contributed by atoms with Crippen LogP contribution in [-0.4, -0.2) is 80.0 Å². The molecule has 0 aromatic heterocycles. The highest BCUT2D eigenvalue weighted by atomic mass is 28.1. The Kier molecular flexibility index (Phi) is 17.2. The maximum absolute atomic E-state index is 10.6. The highest BCUT2D eigenvalue weighted by molar-refractivity contribution is 5.75. The summed E-state index contributed by atoms with van der Waals surface area (Å²) in [5.41, 5.74) is 0. The summed E-state index contributed by atoms with van der Waals surface area (Å²) in [5, 5.41) is 28.5. The van der Waals surface area contributed by atoms with E-state index < -0.39 is 48.6 Å². The molecule has 0 bridgehead atoms. The van der Waals surface area contributed by atoms with E-state index in [1.54, 1.807) is 0 Å². The van der Waals surface area contributed by atoms with E-state index >= 15 is 0 Å². The Labute approximate surface area is 153 Å². The van der Waals surface area contributed by atoms with Crippen LogP contribution in [0.15, 0.2) is 0 Å². The van der Waals surface area contributed by atoms with E-state index in [0.717, 1.165) is 0 Å². The van der Waals surface area contributed by atoms with Crippen LogP contribution in [0.3, 0.4) is 0 Å². The summed E-state index contributed by atoms with van der Waals surface area (Å²) in [5.74, 6) is -11.0. The van der Waals surface area contributed by atoms with Crippen LogP contribution in [0.1, 0.15) is 0 Å². The van der Waals surface area contributed by atoms with Gasteiger partial charge in [0.1, 0.15) is 0 Å². The minimum Gasteiger partial charge on any atom is -0.475 e. The molecule has 0 aliphatic rings. The predicted molar refractivity (Wildman–Crippen MR) is 66.1 cm³/mol. The summed E-state index contributed by atoms with van der Waals surface area (Å²) >= 11 is 0. The lowest BCUT2D eigenvalue weighted by Gasteiger charge is -1.93. The Balaban J connectivity index is -0.0000000873. The predicted octanol–water partition coefficient (Wildman–Crippen LogP) is 1.08. The smallest absolute Gasteiger partial charge is 0.475 e. The molecule has 21 heteroatoms. The molecule has 8 nitrogen and oxygen atoms in total. The van der Waals surface area contributed by atoms with Gasteiger partial charge in [0.25, 0.3) is 0 Å². The van der Waals surface area contributed by atoms with Crippen molar-refractivity contribution in [1.29, 1.82) is 0 Å². The standard InChI is InChI=1S/4C2HF3O2.H4Si/c4*3-2(4,5)1(6)7;/h4*(H,6,7);1H4. The molecule has 0 spiro atoms. The van der Waals surface area contributed by atoms with Crippen LogP contribution in [0.4, 0.5) is 52.7 Å². The molecular weight excluding hydrogens is 480 g/mol. The number of halogens is 12. The molecule has 0 aromatic rings. The fourth-order valence-corrected chi connectivity index (χ4v) is 0. The van der Waals surface area contributed by atoms with Crippen LogP contribution < -0.4 is 0 Å². The lowest BCUT2D eigenvalue weighted by atomic mass is 10.7. The highest BCUT2D eigenvalue weighted by Crippen LogP contribution is 2.14. The molecule has 29 heavy (non-hydrogen) atoms. The van der Waals surface area contributed by atoms with E-state index in [2.05, 4.69) is 0 Å². The first-order valence-electron chi connectivity index (χ1n) is 4.98. The number of rotatable bonds is 0. The molecule has 0 radical (unpaired) electrons. The molecule has 0 unspecified atom stereocenters. The second-order valence-corrected chi connectivity index (χ2v) is 3.21. The van der Waals surface area contributed by atoms with Crippen LogP contribution in [0.5, 0.6) is 0 Å². The molecule has 176 valence electrons. The Hall–Kier alpha value is -2.74. The van der Waals surface area contributed by atoms with Gasteiger partial charge in [0, 0.05) is 0 Å². The van der Waals surface area contributed by atoms with Crippen molar-refractivity contribution in [1.82, 2.24) is 0 Å². The van der Waals surface area contributed by atoms with Crippen molar-refractivity contribution in [2.75, 3.05) is 0 Å². The second kappa shape index (κ2) is 13.4. The monoisotopic (exact) mass is 488 g/mol. The maximum atomic E-state index is 10.6. The SMILES string of the molecule is O=C(O)C(F)(F)F.O=C(O)C(F)(F)F.O=C(O)C(F)(F)F.O=C(O)C(F)(F)F.[SiH4]. The van der Waals surface area contributed by atoms with Gasteiger partial charge in [-0.2, -0.15) is 52.7 Å². The molecular formula is C8H8F12O8Si. The molecule has 0 saturated heterocycles. The van der Waals surface area contributed by atoms with Gasteiger partial charge < -0.3 is 20.4 Å². The summed E-state index contributed by atoms with van der Waals surface area (Å²) in [6.45, 7) is 0. The molecule has 0 saturated carbocycles. The number of carbonyl (C=O) groups is 4. The van der Waals surface area contributed by atoms with Crippen molar-refractivity contribution in [2.45, 2.75) is 24.7 Å². The lowest BCUT2D eigenvalue weighted by Crippen LogP contribution is -2.21. The average Bonchev–Trinajstić information content (AvgIpc) is 2.35. The van der Waals surface area contributed by atoms with Gasteiger partial charge in [-0.05, 0) is 11.0 Å². The minimum absolute atomic E-state index is 0. The van der Waals surface area contributed by atoms with E-state index in [-0.39, 0.29) is 11.0 Å². The fourth-order valence-electron chi connectivity index (χ4n) is 0. The highest BCUT2D eigenvalue weighted by Gasteiger charge is 2.39.